The molecule has 0 saturated carbocycles. The number of anilines is 1. The van der Waals surface area contributed by atoms with Crippen LogP contribution in [0.25, 0.3) is 11.0 Å². The van der Waals surface area contributed by atoms with Crippen molar-refractivity contribution in [2.24, 2.45) is 0 Å². The summed E-state index contributed by atoms with van der Waals surface area (Å²) in [5.74, 6) is -0.757. The number of carbonyl (C=O) groups is 1. The molecule has 5 nitrogen and oxygen atoms in total. The summed E-state index contributed by atoms with van der Waals surface area (Å²) in [6.07, 6.45) is 0.926. The third kappa shape index (κ3) is 3.15. The molecule has 1 aromatic heterocycles. The molecular formula is C17H16FN3O2. The molecule has 1 heterocycles. The minimum Gasteiger partial charge on any atom is -0.325 e. The molecule has 0 aliphatic rings. The number of aryl methyl sites for hydroxylation is 1. The van der Waals surface area contributed by atoms with Crippen LogP contribution in [0.5, 0.6) is 0 Å². The molecule has 0 bridgehead atoms. The zero-order valence-corrected chi connectivity index (χ0v) is 12.6. The lowest BCUT2D eigenvalue weighted by atomic mass is 10.1. The highest BCUT2D eigenvalue weighted by Crippen LogP contribution is 2.13. The molecule has 0 saturated heterocycles. The highest BCUT2D eigenvalue weighted by molar-refractivity contribution is 5.91. The van der Waals surface area contributed by atoms with Crippen LogP contribution < -0.4 is 11.0 Å². The molecule has 118 valence electrons. The van der Waals surface area contributed by atoms with Crippen LogP contribution >= 0.6 is 0 Å². The SMILES string of the molecule is CCc1ccc(NC(=O)Cn2c(=O)[nH]c3cc(F)ccc32)cc1. The van der Waals surface area contributed by atoms with E-state index in [2.05, 4.69) is 17.2 Å². The predicted octanol–water partition coefficient (Wildman–Crippen LogP) is 2.67. The normalized spacial score (nSPS) is 10.9. The number of H-pyrrole nitrogens is 1. The van der Waals surface area contributed by atoms with Gasteiger partial charge in [0.05, 0.1) is 11.0 Å². The number of halogens is 1. The Labute approximate surface area is 131 Å². The molecule has 0 radical (unpaired) electrons. The average molecular weight is 313 g/mol. The van der Waals surface area contributed by atoms with Gasteiger partial charge in [-0.3, -0.25) is 9.36 Å². The maximum atomic E-state index is 13.2. The third-order valence-electron chi connectivity index (χ3n) is 3.68. The first-order valence-corrected chi connectivity index (χ1v) is 7.33. The number of aromatic amines is 1. The number of aromatic nitrogens is 2. The quantitative estimate of drug-likeness (QED) is 0.777. The van der Waals surface area contributed by atoms with Gasteiger partial charge in [0.25, 0.3) is 0 Å². The molecule has 0 aliphatic heterocycles. The van der Waals surface area contributed by atoms with E-state index in [0.717, 1.165) is 6.42 Å². The topological polar surface area (TPSA) is 66.9 Å². The second-order valence-electron chi connectivity index (χ2n) is 5.28. The van der Waals surface area contributed by atoms with Crippen LogP contribution in [0.3, 0.4) is 0 Å². The second kappa shape index (κ2) is 6.08. The molecular weight excluding hydrogens is 297 g/mol. The van der Waals surface area contributed by atoms with E-state index in [9.17, 15) is 14.0 Å². The van der Waals surface area contributed by atoms with Gasteiger partial charge in [0.1, 0.15) is 12.4 Å². The van der Waals surface area contributed by atoms with E-state index in [1.807, 2.05) is 24.3 Å². The predicted molar refractivity (Wildman–Crippen MR) is 87.0 cm³/mol. The lowest BCUT2D eigenvalue weighted by Gasteiger charge is -2.07. The average Bonchev–Trinajstić information content (AvgIpc) is 2.83. The monoisotopic (exact) mass is 313 g/mol. The molecule has 1 amide bonds. The van der Waals surface area contributed by atoms with Gasteiger partial charge in [0, 0.05) is 5.69 Å². The Morgan fingerprint density at radius 1 is 1.22 bits per heavy atom. The highest BCUT2D eigenvalue weighted by atomic mass is 19.1. The number of benzene rings is 2. The van der Waals surface area contributed by atoms with Crippen molar-refractivity contribution in [2.45, 2.75) is 19.9 Å². The Morgan fingerprint density at radius 2 is 1.96 bits per heavy atom. The van der Waals surface area contributed by atoms with Gasteiger partial charge in [-0.15, -0.1) is 0 Å². The Hall–Kier alpha value is -2.89. The van der Waals surface area contributed by atoms with Crippen molar-refractivity contribution >= 4 is 22.6 Å². The van der Waals surface area contributed by atoms with Crippen LogP contribution in [0.1, 0.15) is 12.5 Å². The van der Waals surface area contributed by atoms with E-state index in [4.69, 9.17) is 0 Å². The maximum absolute atomic E-state index is 13.2. The number of amides is 1. The van der Waals surface area contributed by atoms with Crippen molar-refractivity contribution in [1.82, 2.24) is 9.55 Å². The van der Waals surface area contributed by atoms with Crippen LogP contribution in [0.15, 0.2) is 47.3 Å². The minimum atomic E-state index is -0.443. The van der Waals surface area contributed by atoms with E-state index in [-0.39, 0.29) is 12.5 Å². The molecule has 2 aromatic carbocycles. The van der Waals surface area contributed by atoms with Crippen molar-refractivity contribution in [3.8, 4) is 0 Å². The lowest BCUT2D eigenvalue weighted by Crippen LogP contribution is -2.25. The molecule has 0 fully saturated rings. The number of hydrogen-bond donors (Lipinski definition) is 2. The van der Waals surface area contributed by atoms with Gasteiger partial charge in [-0.25, -0.2) is 9.18 Å². The Bertz CT molecular complexity index is 910. The first-order valence-electron chi connectivity index (χ1n) is 7.33. The molecule has 23 heavy (non-hydrogen) atoms. The summed E-state index contributed by atoms with van der Waals surface area (Å²) in [6, 6.07) is 11.5. The number of nitrogens with zero attached hydrogens (tertiary/aromatic N) is 1. The van der Waals surface area contributed by atoms with Gasteiger partial charge in [-0.05, 0) is 42.3 Å². The number of nitrogens with one attached hydrogen (secondary N) is 2. The van der Waals surface area contributed by atoms with Gasteiger partial charge in [0.2, 0.25) is 5.91 Å². The highest BCUT2D eigenvalue weighted by Gasteiger charge is 2.11. The molecule has 0 aliphatic carbocycles. The molecule has 0 unspecified atom stereocenters. The second-order valence-corrected chi connectivity index (χ2v) is 5.28. The Balaban J connectivity index is 1.79. The molecule has 3 aromatic rings. The van der Waals surface area contributed by atoms with Gasteiger partial charge in [-0.2, -0.15) is 0 Å². The molecule has 3 rings (SSSR count). The number of fused-ring (bicyclic) bond motifs is 1. The van der Waals surface area contributed by atoms with E-state index in [0.29, 0.717) is 16.7 Å². The molecule has 0 atom stereocenters. The first kappa shape index (κ1) is 15.0. The molecule has 0 spiro atoms. The zero-order chi connectivity index (χ0) is 16.4. The number of rotatable bonds is 4. The van der Waals surface area contributed by atoms with E-state index in [1.54, 1.807) is 0 Å². The fraction of sp³-hybridized carbons (Fsp3) is 0.176. The summed E-state index contributed by atoms with van der Waals surface area (Å²) < 4.78 is 14.5. The fourth-order valence-corrected chi connectivity index (χ4v) is 2.46. The first-order chi connectivity index (χ1) is 11.1. The summed E-state index contributed by atoms with van der Waals surface area (Å²) in [5, 5.41) is 2.75. The van der Waals surface area contributed by atoms with Crippen molar-refractivity contribution in [3.05, 3.63) is 64.3 Å². The summed E-state index contributed by atoms with van der Waals surface area (Å²) >= 11 is 0. The van der Waals surface area contributed by atoms with Crippen LogP contribution in [-0.2, 0) is 17.8 Å². The molecule has 6 heteroatoms. The number of carbonyl (C=O) groups excluding carboxylic acids is 1. The molecule has 2 N–H and O–H groups in total. The largest absolute Gasteiger partial charge is 0.326 e. The minimum absolute atomic E-state index is 0.139. The van der Waals surface area contributed by atoms with Crippen LogP contribution in [0.2, 0.25) is 0 Å². The van der Waals surface area contributed by atoms with Gasteiger partial charge in [-0.1, -0.05) is 19.1 Å². The van der Waals surface area contributed by atoms with Crippen molar-refractivity contribution in [3.63, 3.8) is 0 Å². The standard InChI is InChI=1S/C17H16FN3O2/c1-2-11-3-6-13(7-4-11)19-16(22)10-21-15-8-5-12(18)9-14(15)20-17(21)23/h3-9H,2,10H2,1H3,(H,19,22)(H,20,23). The van der Waals surface area contributed by atoms with Crippen LogP contribution in [-0.4, -0.2) is 15.5 Å². The number of hydrogen-bond acceptors (Lipinski definition) is 2. The lowest BCUT2D eigenvalue weighted by molar-refractivity contribution is -0.116. The van der Waals surface area contributed by atoms with Crippen molar-refractivity contribution in [1.29, 1.82) is 0 Å². The summed E-state index contributed by atoms with van der Waals surface area (Å²) in [4.78, 5) is 26.6. The summed E-state index contributed by atoms with van der Waals surface area (Å²) in [7, 11) is 0. The van der Waals surface area contributed by atoms with E-state index >= 15 is 0 Å². The van der Waals surface area contributed by atoms with Gasteiger partial charge in [0.15, 0.2) is 0 Å². The van der Waals surface area contributed by atoms with E-state index in [1.165, 1.54) is 28.3 Å². The zero-order valence-electron chi connectivity index (χ0n) is 12.6. The Kier molecular flexibility index (Phi) is 3.97. The maximum Gasteiger partial charge on any atom is 0.326 e. The fourth-order valence-electron chi connectivity index (χ4n) is 2.46. The van der Waals surface area contributed by atoms with Crippen molar-refractivity contribution in [2.75, 3.05) is 5.32 Å². The smallest absolute Gasteiger partial charge is 0.325 e. The van der Waals surface area contributed by atoms with E-state index < -0.39 is 11.5 Å². The van der Waals surface area contributed by atoms with Crippen LogP contribution in [0, 0.1) is 5.82 Å². The van der Waals surface area contributed by atoms with Crippen molar-refractivity contribution < 1.29 is 9.18 Å². The Morgan fingerprint density at radius 3 is 2.65 bits per heavy atom. The van der Waals surface area contributed by atoms with Gasteiger partial charge >= 0.3 is 5.69 Å². The van der Waals surface area contributed by atoms with Crippen LogP contribution in [0.4, 0.5) is 10.1 Å². The summed E-state index contributed by atoms with van der Waals surface area (Å²) in [6.45, 7) is 1.92. The number of imidazole rings is 1. The van der Waals surface area contributed by atoms with Gasteiger partial charge < -0.3 is 10.3 Å². The third-order valence-corrected chi connectivity index (χ3v) is 3.68. The summed E-state index contributed by atoms with van der Waals surface area (Å²) in [5.41, 5.74) is 2.27.